The average molecular weight is 210 g/mol. The summed E-state index contributed by atoms with van der Waals surface area (Å²) >= 11 is 0. The van der Waals surface area contributed by atoms with Crippen LogP contribution in [-0.2, 0) is 0 Å². The minimum absolute atomic E-state index is 0.444. The Hall–Kier alpha value is -0.0800. The molecule has 2 nitrogen and oxygen atoms in total. The lowest BCUT2D eigenvalue weighted by molar-refractivity contribution is 0.0978. The fraction of sp³-hybridized carbons (Fsp3) is 1.00. The Morgan fingerprint density at radius 3 is 2.47 bits per heavy atom. The molecule has 1 heterocycles. The molecule has 1 aliphatic carbocycles. The average Bonchev–Trinajstić information content (AvgIpc) is 2.65. The SMILES string of the molecule is CC(C)C1CCCCC1N1CCC(N)C1. The molecule has 0 bridgehead atoms. The quantitative estimate of drug-likeness (QED) is 0.757. The molecule has 15 heavy (non-hydrogen) atoms. The number of hydrogen-bond donors (Lipinski definition) is 1. The first kappa shape index (κ1) is 11.4. The van der Waals surface area contributed by atoms with Gasteiger partial charge in [-0.25, -0.2) is 0 Å². The minimum Gasteiger partial charge on any atom is -0.326 e. The summed E-state index contributed by atoms with van der Waals surface area (Å²) in [6.07, 6.45) is 6.93. The van der Waals surface area contributed by atoms with Crippen LogP contribution in [0.3, 0.4) is 0 Å². The van der Waals surface area contributed by atoms with E-state index < -0.39 is 0 Å². The van der Waals surface area contributed by atoms with Crippen LogP contribution in [-0.4, -0.2) is 30.1 Å². The van der Waals surface area contributed by atoms with Crippen LogP contribution in [0.25, 0.3) is 0 Å². The first-order chi connectivity index (χ1) is 7.18. The topological polar surface area (TPSA) is 29.3 Å². The van der Waals surface area contributed by atoms with Gasteiger partial charge in [-0.3, -0.25) is 4.90 Å². The van der Waals surface area contributed by atoms with Gasteiger partial charge in [-0.1, -0.05) is 26.7 Å². The summed E-state index contributed by atoms with van der Waals surface area (Å²) in [7, 11) is 0. The second kappa shape index (κ2) is 4.84. The maximum Gasteiger partial charge on any atom is 0.0180 e. The highest BCUT2D eigenvalue weighted by atomic mass is 15.2. The van der Waals surface area contributed by atoms with E-state index in [1.54, 1.807) is 0 Å². The van der Waals surface area contributed by atoms with Gasteiger partial charge in [0.25, 0.3) is 0 Å². The zero-order chi connectivity index (χ0) is 10.8. The highest BCUT2D eigenvalue weighted by molar-refractivity contribution is 4.90. The van der Waals surface area contributed by atoms with Gasteiger partial charge in [0.1, 0.15) is 0 Å². The number of likely N-dealkylation sites (tertiary alicyclic amines) is 1. The van der Waals surface area contributed by atoms with Crippen molar-refractivity contribution in [2.45, 2.75) is 58.0 Å². The summed E-state index contributed by atoms with van der Waals surface area (Å²) in [4.78, 5) is 2.68. The fourth-order valence-corrected chi connectivity index (χ4v) is 3.49. The molecule has 1 saturated heterocycles. The third-order valence-corrected chi connectivity index (χ3v) is 4.36. The zero-order valence-corrected chi connectivity index (χ0v) is 10.3. The van der Waals surface area contributed by atoms with Gasteiger partial charge in [0.2, 0.25) is 0 Å². The van der Waals surface area contributed by atoms with Crippen LogP contribution in [0, 0.1) is 11.8 Å². The van der Waals surface area contributed by atoms with Crippen molar-refractivity contribution in [1.82, 2.24) is 4.90 Å². The second-order valence-corrected chi connectivity index (χ2v) is 5.80. The third-order valence-electron chi connectivity index (χ3n) is 4.36. The summed E-state index contributed by atoms with van der Waals surface area (Å²) in [5.74, 6) is 1.76. The van der Waals surface area contributed by atoms with Crippen molar-refractivity contribution >= 4 is 0 Å². The molecule has 2 heteroatoms. The molecule has 1 saturated carbocycles. The Balaban J connectivity index is 1.98. The van der Waals surface area contributed by atoms with Gasteiger partial charge >= 0.3 is 0 Å². The van der Waals surface area contributed by atoms with Crippen molar-refractivity contribution in [1.29, 1.82) is 0 Å². The normalized spacial score (nSPS) is 38.8. The maximum absolute atomic E-state index is 6.01. The molecule has 0 aromatic carbocycles. The van der Waals surface area contributed by atoms with Gasteiger partial charge in [0.05, 0.1) is 0 Å². The van der Waals surface area contributed by atoms with E-state index in [0.29, 0.717) is 6.04 Å². The molecule has 0 amide bonds. The molecule has 2 rings (SSSR count). The van der Waals surface area contributed by atoms with E-state index in [9.17, 15) is 0 Å². The Bertz CT molecular complexity index is 203. The molecule has 0 aromatic heterocycles. The van der Waals surface area contributed by atoms with E-state index in [1.165, 1.54) is 38.6 Å². The predicted octanol–water partition coefficient (Wildman–Crippen LogP) is 2.23. The first-order valence-electron chi connectivity index (χ1n) is 6.68. The monoisotopic (exact) mass is 210 g/mol. The van der Waals surface area contributed by atoms with E-state index >= 15 is 0 Å². The molecule has 2 aliphatic rings. The Kier molecular flexibility index (Phi) is 3.68. The molecule has 88 valence electrons. The smallest absolute Gasteiger partial charge is 0.0180 e. The molecule has 3 unspecified atom stereocenters. The van der Waals surface area contributed by atoms with Crippen LogP contribution in [0.15, 0.2) is 0 Å². The summed E-state index contributed by atoms with van der Waals surface area (Å²) in [5, 5.41) is 0. The van der Waals surface area contributed by atoms with Gasteiger partial charge in [-0.15, -0.1) is 0 Å². The lowest BCUT2D eigenvalue weighted by Crippen LogP contribution is -2.44. The molecule has 2 N–H and O–H groups in total. The second-order valence-electron chi connectivity index (χ2n) is 5.80. The molecular formula is C13H26N2. The number of rotatable bonds is 2. The largest absolute Gasteiger partial charge is 0.326 e. The lowest BCUT2D eigenvalue weighted by Gasteiger charge is -2.40. The highest BCUT2D eigenvalue weighted by Crippen LogP contribution is 2.34. The molecular weight excluding hydrogens is 184 g/mol. The van der Waals surface area contributed by atoms with Crippen LogP contribution < -0.4 is 5.73 Å². The van der Waals surface area contributed by atoms with E-state index in [-0.39, 0.29) is 0 Å². The summed E-state index contributed by atoms with van der Waals surface area (Å²) in [5.41, 5.74) is 6.01. The molecule has 2 fully saturated rings. The summed E-state index contributed by atoms with van der Waals surface area (Å²) in [6.45, 7) is 7.17. The van der Waals surface area contributed by atoms with E-state index in [1.807, 2.05) is 0 Å². The van der Waals surface area contributed by atoms with Crippen LogP contribution in [0.2, 0.25) is 0 Å². The van der Waals surface area contributed by atoms with Gasteiger partial charge in [-0.05, 0) is 31.1 Å². The molecule has 1 aliphatic heterocycles. The lowest BCUT2D eigenvalue weighted by atomic mass is 9.77. The molecule has 0 radical (unpaired) electrons. The molecule has 0 spiro atoms. The van der Waals surface area contributed by atoms with Gasteiger partial charge < -0.3 is 5.73 Å². The van der Waals surface area contributed by atoms with Crippen LogP contribution in [0.4, 0.5) is 0 Å². The van der Waals surface area contributed by atoms with E-state index in [2.05, 4.69) is 18.7 Å². The van der Waals surface area contributed by atoms with Crippen molar-refractivity contribution in [2.75, 3.05) is 13.1 Å². The van der Waals surface area contributed by atoms with Gasteiger partial charge in [-0.2, -0.15) is 0 Å². The zero-order valence-electron chi connectivity index (χ0n) is 10.3. The first-order valence-corrected chi connectivity index (χ1v) is 6.68. The predicted molar refractivity (Wildman–Crippen MR) is 64.7 cm³/mol. The van der Waals surface area contributed by atoms with Crippen molar-refractivity contribution < 1.29 is 0 Å². The Labute approximate surface area is 94.2 Å². The van der Waals surface area contributed by atoms with Crippen molar-refractivity contribution in [2.24, 2.45) is 17.6 Å². The van der Waals surface area contributed by atoms with E-state index in [4.69, 9.17) is 5.73 Å². The Morgan fingerprint density at radius 1 is 1.13 bits per heavy atom. The number of nitrogens with zero attached hydrogens (tertiary/aromatic N) is 1. The van der Waals surface area contributed by atoms with Crippen LogP contribution in [0.5, 0.6) is 0 Å². The summed E-state index contributed by atoms with van der Waals surface area (Å²) < 4.78 is 0. The fourth-order valence-electron chi connectivity index (χ4n) is 3.49. The maximum atomic E-state index is 6.01. The number of nitrogens with two attached hydrogens (primary N) is 1. The standard InChI is InChI=1S/C13H26N2/c1-10(2)12-5-3-4-6-13(12)15-8-7-11(14)9-15/h10-13H,3-9,14H2,1-2H3. The van der Waals surface area contributed by atoms with Gasteiger partial charge in [0.15, 0.2) is 0 Å². The van der Waals surface area contributed by atoms with Gasteiger partial charge in [0, 0.05) is 25.2 Å². The van der Waals surface area contributed by atoms with Crippen molar-refractivity contribution in [3.05, 3.63) is 0 Å². The van der Waals surface area contributed by atoms with Crippen LogP contribution >= 0.6 is 0 Å². The van der Waals surface area contributed by atoms with Crippen molar-refractivity contribution in [3.63, 3.8) is 0 Å². The molecule has 0 aromatic rings. The van der Waals surface area contributed by atoms with E-state index in [0.717, 1.165) is 24.4 Å². The molecule has 3 atom stereocenters. The minimum atomic E-state index is 0.444. The summed E-state index contributed by atoms with van der Waals surface area (Å²) in [6, 6.07) is 1.28. The number of hydrogen-bond acceptors (Lipinski definition) is 2. The van der Waals surface area contributed by atoms with Crippen LogP contribution in [0.1, 0.15) is 46.0 Å². The van der Waals surface area contributed by atoms with Crippen molar-refractivity contribution in [3.8, 4) is 0 Å². The highest BCUT2D eigenvalue weighted by Gasteiger charge is 2.34. The Morgan fingerprint density at radius 2 is 1.87 bits per heavy atom. The third kappa shape index (κ3) is 2.54.